The van der Waals surface area contributed by atoms with Crippen molar-refractivity contribution in [1.29, 1.82) is 0 Å². The van der Waals surface area contributed by atoms with Crippen LogP contribution in [0.4, 0.5) is 4.39 Å². The van der Waals surface area contributed by atoms with Crippen LogP contribution in [0.15, 0.2) is 24.3 Å². The molecule has 1 aliphatic heterocycles. The summed E-state index contributed by atoms with van der Waals surface area (Å²) in [4.78, 5) is 2.51. The molecule has 0 radical (unpaired) electrons. The number of hydrogen-bond donors (Lipinski definition) is 1. The van der Waals surface area contributed by atoms with Gasteiger partial charge in [-0.25, -0.2) is 4.39 Å². The number of benzene rings is 1. The molecule has 1 aliphatic rings. The summed E-state index contributed by atoms with van der Waals surface area (Å²) in [6.07, 6.45) is 0. The molecule has 0 saturated carbocycles. The molecule has 1 aromatic rings. The zero-order chi connectivity index (χ0) is 13.1. The van der Waals surface area contributed by atoms with Crippen LogP contribution in [-0.4, -0.2) is 30.1 Å². The first-order valence-electron chi connectivity index (χ1n) is 6.78. The molecule has 0 aliphatic carbocycles. The van der Waals surface area contributed by atoms with E-state index in [1.807, 2.05) is 12.1 Å². The molecule has 1 fully saturated rings. The minimum absolute atomic E-state index is 0.159. The summed E-state index contributed by atoms with van der Waals surface area (Å²) in [6, 6.07) is 7.96. The zero-order valence-electron chi connectivity index (χ0n) is 11.5. The molecule has 2 atom stereocenters. The van der Waals surface area contributed by atoms with Gasteiger partial charge in [-0.15, -0.1) is 0 Å². The number of piperazine rings is 1. The Morgan fingerprint density at radius 1 is 1.33 bits per heavy atom. The van der Waals surface area contributed by atoms with Gasteiger partial charge in [0.15, 0.2) is 0 Å². The van der Waals surface area contributed by atoms with Gasteiger partial charge in [0, 0.05) is 31.7 Å². The van der Waals surface area contributed by atoms with Crippen LogP contribution in [0.25, 0.3) is 0 Å². The van der Waals surface area contributed by atoms with E-state index in [1.165, 1.54) is 5.56 Å². The maximum atomic E-state index is 12.9. The van der Waals surface area contributed by atoms with E-state index in [9.17, 15) is 4.39 Å². The Bertz CT molecular complexity index is 375. The number of hydrogen-bond acceptors (Lipinski definition) is 2. The lowest BCUT2D eigenvalue weighted by molar-refractivity contribution is 0.0956. The average molecular weight is 250 g/mol. The van der Waals surface area contributed by atoms with Crippen molar-refractivity contribution >= 4 is 0 Å². The molecule has 0 spiro atoms. The van der Waals surface area contributed by atoms with Crippen LogP contribution >= 0.6 is 0 Å². The molecule has 1 heterocycles. The zero-order valence-corrected chi connectivity index (χ0v) is 11.5. The van der Waals surface area contributed by atoms with Gasteiger partial charge in [-0.2, -0.15) is 0 Å². The first kappa shape index (κ1) is 13.5. The summed E-state index contributed by atoms with van der Waals surface area (Å²) in [5, 5.41) is 3.54. The third-order valence-electron chi connectivity index (χ3n) is 3.72. The molecule has 2 rings (SSSR count). The van der Waals surface area contributed by atoms with Crippen molar-refractivity contribution in [2.75, 3.05) is 13.1 Å². The van der Waals surface area contributed by atoms with Crippen molar-refractivity contribution in [2.24, 2.45) is 5.92 Å². The summed E-state index contributed by atoms with van der Waals surface area (Å²) < 4.78 is 12.9. The molecule has 1 saturated heterocycles. The Balaban J connectivity index is 2.06. The predicted octanol–water partition coefficient (Wildman–Crippen LogP) is 2.64. The fraction of sp³-hybridized carbons (Fsp3) is 0.600. The monoisotopic (exact) mass is 250 g/mol. The molecule has 1 aromatic carbocycles. The lowest BCUT2D eigenvalue weighted by Gasteiger charge is -2.41. The highest BCUT2D eigenvalue weighted by molar-refractivity contribution is 5.16. The number of rotatable bonds is 3. The Labute approximate surface area is 109 Å². The molecular formula is C15H23FN2. The standard InChI is InChI=1S/C15H23FN2/c1-11(2)15-8-17-12(3)9-18(15)10-13-4-6-14(16)7-5-13/h4-7,11-12,15,17H,8-10H2,1-3H3/t12-,15-/m0/s1. The van der Waals surface area contributed by atoms with Crippen molar-refractivity contribution < 1.29 is 4.39 Å². The van der Waals surface area contributed by atoms with Crippen LogP contribution in [0, 0.1) is 11.7 Å². The normalized spacial score (nSPS) is 25.6. The van der Waals surface area contributed by atoms with Gasteiger partial charge in [0.25, 0.3) is 0 Å². The summed E-state index contributed by atoms with van der Waals surface area (Å²) >= 11 is 0. The second-order valence-electron chi connectivity index (χ2n) is 5.68. The molecule has 100 valence electrons. The van der Waals surface area contributed by atoms with E-state index in [-0.39, 0.29) is 5.82 Å². The Kier molecular flexibility index (Phi) is 4.36. The van der Waals surface area contributed by atoms with Gasteiger partial charge in [0.05, 0.1) is 0 Å². The maximum Gasteiger partial charge on any atom is 0.123 e. The summed E-state index contributed by atoms with van der Waals surface area (Å²) in [7, 11) is 0. The summed E-state index contributed by atoms with van der Waals surface area (Å²) in [6.45, 7) is 9.75. The van der Waals surface area contributed by atoms with Gasteiger partial charge < -0.3 is 5.32 Å². The lowest BCUT2D eigenvalue weighted by atomic mass is 9.98. The average Bonchev–Trinajstić information content (AvgIpc) is 2.32. The van der Waals surface area contributed by atoms with Gasteiger partial charge in [0.2, 0.25) is 0 Å². The van der Waals surface area contributed by atoms with Gasteiger partial charge in [-0.05, 0) is 30.5 Å². The molecule has 1 N–H and O–H groups in total. The van der Waals surface area contributed by atoms with Crippen molar-refractivity contribution in [3.63, 3.8) is 0 Å². The number of nitrogens with zero attached hydrogens (tertiary/aromatic N) is 1. The molecule has 2 nitrogen and oxygen atoms in total. The fourth-order valence-corrected chi connectivity index (χ4v) is 2.67. The van der Waals surface area contributed by atoms with Crippen LogP contribution in [0.1, 0.15) is 26.3 Å². The Hall–Kier alpha value is -0.930. The minimum Gasteiger partial charge on any atom is -0.311 e. The second-order valence-corrected chi connectivity index (χ2v) is 5.68. The van der Waals surface area contributed by atoms with Gasteiger partial charge >= 0.3 is 0 Å². The third kappa shape index (κ3) is 3.30. The SMILES string of the molecule is CC(C)[C@@H]1CN[C@@H](C)CN1Cc1ccc(F)cc1. The highest BCUT2D eigenvalue weighted by atomic mass is 19.1. The third-order valence-corrected chi connectivity index (χ3v) is 3.72. The molecule has 0 bridgehead atoms. The first-order valence-corrected chi connectivity index (χ1v) is 6.78. The summed E-state index contributed by atoms with van der Waals surface area (Å²) in [5.41, 5.74) is 1.19. The van der Waals surface area contributed by atoms with Crippen molar-refractivity contribution in [2.45, 2.75) is 39.4 Å². The van der Waals surface area contributed by atoms with E-state index in [0.717, 1.165) is 19.6 Å². The minimum atomic E-state index is -0.159. The summed E-state index contributed by atoms with van der Waals surface area (Å²) in [5.74, 6) is 0.471. The Morgan fingerprint density at radius 3 is 2.61 bits per heavy atom. The van der Waals surface area contributed by atoms with E-state index < -0.39 is 0 Å². The van der Waals surface area contributed by atoms with E-state index in [0.29, 0.717) is 18.0 Å². The van der Waals surface area contributed by atoms with E-state index in [1.54, 1.807) is 12.1 Å². The second kappa shape index (κ2) is 5.81. The van der Waals surface area contributed by atoms with Crippen LogP contribution in [0.3, 0.4) is 0 Å². The van der Waals surface area contributed by atoms with Crippen molar-refractivity contribution in [3.8, 4) is 0 Å². The van der Waals surface area contributed by atoms with Crippen molar-refractivity contribution in [3.05, 3.63) is 35.6 Å². The van der Waals surface area contributed by atoms with Gasteiger partial charge in [-0.1, -0.05) is 26.0 Å². The van der Waals surface area contributed by atoms with E-state index in [2.05, 4.69) is 31.0 Å². The number of halogens is 1. The van der Waals surface area contributed by atoms with Crippen molar-refractivity contribution in [1.82, 2.24) is 10.2 Å². The molecule has 0 aromatic heterocycles. The molecule has 18 heavy (non-hydrogen) atoms. The van der Waals surface area contributed by atoms with E-state index >= 15 is 0 Å². The van der Waals surface area contributed by atoms with E-state index in [4.69, 9.17) is 0 Å². The maximum absolute atomic E-state index is 12.9. The molecule has 3 heteroatoms. The highest BCUT2D eigenvalue weighted by Crippen LogP contribution is 2.18. The van der Waals surface area contributed by atoms with Crippen LogP contribution in [-0.2, 0) is 6.54 Å². The number of nitrogens with one attached hydrogen (secondary N) is 1. The topological polar surface area (TPSA) is 15.3 Å². The van der Waals surface area contributed by atoms with Crippen LogP contribution in [0.5, 0.6) is 0 Å². The predicted molar refractivity (Wildman–Crippen MR) is 72.9 cm³/mol. The molecular weight excluding hydrogens is 227 g/mol. The van der Waals surface area contributed by atoms with Crippen LogP contribution in [0.2, 0.25) is 0 Å². The largest absolute Gasteiger partial charge is 0.311 e. The highest BCUT2D eigenvalue weighted by Gasteiger charge is 2.27. The molecule has 0 unspecified atom stereocenters. The quantitative estimate of drug-likeness (QED) is 0.887. The molecule has 0 amide bonds. The van der Waals surface area contributed by atoms with Crippen LogP contribution < -0.4 is 5.32 Å². The first-order chi connectivity index (χ1) is 8.56. The van der Waals surface area contributed by atoms with Gasteiger partial charge in [0.1, 0.15) is 5.82 Å². The fourth-order valence-electron chi connectivity index (χ4n) is 2.67. The van der Waals surface area contributed by atoms with Gasteiger partial charge in [-0.3, -0.25) is 4.90 Å². The lowest BCUT2D eigenvalue weighted by Crippen LogP contribution is -2.56. The smallest absolute Gasteiger partial charge is 0.123 e. The Morgan fingerprint density at radius 2 is 2.00 bits per heavy atom.